The summed E-state index contributed by atoms with van der Waals surface area (Å²) < 4.78 is 13.9. The number of aromatic nitrogens is 2. The third kappa shape index (κ3) is 2.41. The van der Waals surface area contributed by atoms with Gasteiger partial charge in [0.2, 0.25) is 0 Å². The highest BCUT2D eigenvalue weighted by molar-refractivity contribution is 6.05. The first-order valence-electron chi connectivity index (χ1n) is 8.29. The van der Waals surface area contributed by atoms with Crippen molar-refractivity contribution in [2.45, 2.75) is 37.8 Å². The molecule has 23 heavy (non-hydrogen) atoms. The van der Waals surface area contributed by atoms with Gasteiger partial charge < -0.3 is 14.8 Å². The second-order valence-electron chi connectivity index (χ2n) is 6.65. The van der Waals surface area contributed by atoms with E-state index in [9.17, 15) is 9.18 Å². The van der Waals surface area contributed by atoms with E-state index in [1.165, 1.54) is 24.9 Å². The molecule has 6 heteroatoms. The molecule has 2 aliphatic heterocycles. The summed E-state index contributed by atoms with van der Waals surface area (Å²) in [6, 6.07) is 3.35. The Morgan fingerprint density at radius 2 is 2.04 bits per heavy atom. The molecule has 2 fully saturated rings. The van der Waals surface area contributed by atoms with Crippen molar-refractivity contribution in [1.82, 2.24) is 19.8 Å². The summed E-state index contributed by atoms with van der Waals surface area (Å²) in [5.41, 5.74) is 1.50. The van der Waals surface area contributed by atoms with Crippen molar-refractivity contribution in [2.24, 2.45) is 0 Å². The van der Waals surface area contributed by atoms with E-state index >= 15 is 0 Å². The van der Waals surface area contributed by atoms with Crippen LogP contribution in [0, 0.1) is 5.82 Å². The Morgan fingerprint density at radius 1 is 1.26 bits per heavy atom. The number of benzene rings is 1. The van der Waals surface area contributed by atoms with Gasteiger partial charge in [0.1, 0.15) is 11.3 Å². The summed E-state index contributed by atoms with van der Waals surface area (Å²) in [5, 5.41) is 0. The standard InChI is InChI=1S/C17H21FN4O/c1-21-6-2-4-14(21)15-5-3-7-22(15)17(23)12-8-11(18)9-13-16(12)20-10-19-13/h8-10,14-15H,2-7H2,1H3,(H,19,20)/t14-,15-/m0/s1. The Labute approximate surface area is 134 Å². The fourth-order valence-corrected chi connectivity index (χ4v) is 4.20. The minimum absolute atomic E-state index is 0.0931. The molecule has 0 aliphatic carbocycles. The van der Waals surface area contributed by atoms with Crippen LogP contribution in [0.2, 0.25) is 0 Å². The lowest BCUT2D eigenvalue weighted by atomic mass is 10.0. The number of likely N-dealkylation sites (tertiary alicyclic amines) is 2. The van der Waals surface area contributed by atoms with Crippen LogP contribution in [0.15, 0.2) is 18.5 Å². The van der Waals surface area contributed by atoms with Crippen molar-refractivity contribution in [3.8, 4) is 0 Å². The van der Waals surface area contributed by atoms with Crippen LogP contribution >= 0.6 is 0 Å². The van der Waals surface area contributed by atoms with Gasteiger partial charge >= 0.3 is 0 Å². The van der Waals surface area contributed by atoms with E-state index < -0.39 is 5.82 Å². The average molecular weight is 316 g/mol. The normalized spacial score (nSPS) is 25.6. The molecule has 122 valence electrons. The molecule has 4 rings (SSSR count). The van der Waals surface area contributed by atoms with Crippen LogP contribution < -0.4 is 0 Å². The largest absolute Gasteiger partial charge is 0.344 e. The Morgan fingerprint density at radius 3 is 2.83 bits per heavy atom. The van der Waals surface area contributed by atoms with Crippen molar-refractivity contribution in [3.05, 3.63) is 29.8 Å². The Hall–Kier alpha value is -1.95. The van der Waals surface area contributed by atoms with Gasteiger partial charge in [0, 0.05) is 18.6 Å². The number of likely N-dealkylation sites (N-methyl/N-ethyl adjacent to an activating group) is 1. The van der Waals surface area contributed by atoms with Crippen molar-refractivity contribution in [3.63, 3.8) is 0 Å². The van der Waals surface area contributed by atoms with Gasteiger partial charge in [0.05, 0.1) is 17.4 Å². The molecule has 0 unspecified atom stereocenters. The first-order chi connectivity index (χ1) is 11.1. The number of aromatic amines is 1. The number of fused-ring (bicyclic) bond motifs is 1. The van der Waals surface area contributed by atoms with E-state index in [4.69, 9.17) is 0 Å². The fourth-order valence-electron chi connectivity index (χ4n) is 4.20. The molecule has 2 aliphatic rings. The number of nitrogens with zero attached hydrogens (tertiary/aromatic N) is 3. The molecule has 5 nitrogen and oxygen atoms in total. The second kappa shape index (κ2) is 5.60. The summed E-state index contributed by atoms with van der Waals surface area (Å²) in [4.78, 5) is 24.5. The molecular weight excluding hydrogens is 295 g/mol. The zero-order valence-corrected chi connectivity index (χ0v) is 13.3. The molecule has 0 radical (unpaired) electrons. The van der Waals surface area contributed by atoms with E-state index in [0.717, 1.165) is 32.4 Å². The molecule has 3 heterocycles. The topological polar surface area (TPSA) is 52.2 Å². The predicted octanol–water partition coefficient (Wildman–Crippen LogP) is 2.40. The first kappa shape index (κ1) is 14.6. The number of amides is 1. The van der Waals surface area contributed by atoms with Gasteiger partial charge in [-0.15, -0.1) is 0 Å². The molecule has 0 saturated carbocycles. The highest BCUT2D eigenvalue weighted by Crippen LogP contribution is 2.31. The van der Waals surface area contributed by atoms with E-state index in [-0.39, 0.29) is 11.9 Å². The minimum Gasteiger partial charge on any atom is -0.344 e. The highest BCUT2D eigenvalue weighted by Gasteiger charge is 2.39. The van der Waals surface area contributed by atoms with Gasteiger partial charge in [0.25, 0.3) is 5.91 Å². The third-order valence-electron chi connectivity index (χ3n) is 5.30. The number of rotatable bonds is 2. The second-order valence-corrected chi connectivity index (χ2v) is 6.65. The lowest BCUT2D eigenvalue weighted by molar-refractivity contribution is 0.0666. The number of carbonyl (C=O) groups excluding carboxylic acids is 1. The zero-order valence-electron chi connectivity index (χ0n) is 13.3. The van der Waals surface area contributed by atoms with Gasteiger partial charge in [0.15, 0.2) is 0 Å². The van der Waals surface area contributed by atoms with Crippen LogP contribution in [0.3, 0.4) is 0 Å². The van der Waals surface area contributed by atoms with E-state index in [1.807, 2.05) is 4.90 Å². The average Bonchev–Trinajstić information content (AvgIpc) is 3.24. The van der Waals surface area contributed by atoms with E-state index in [2.05, 4.69) is 21.9 Å². The Bertz CT molecular complexity index is 743. The van der Waals surface area contributed by atoms with Crippen molar-refractivity contribution in [1.29, 1.82) is 0 Å². The van der Waals surface area contributed by atoms with Crippen LogP contribution in [-0.4, -0.2) is 57.9 Å². The summed E-state index contributed by atoms with van der Waals surface area (Å²) >= 11 is 0. The number of imidazole rings is 1. The SMILES string of the molecule is CN1CCC[C@H]1[C@@H]1CCCN1C(=O)c1cc(F)cc2[nH]cnc12. The monoisotopic (exact) mass is 316 g/mol. The summed E-state index contributed by atoms with van der Waals surface area (Å²) in [5.74, 6) is -0.497. The van der Waals surface area contributed by atoms with Crippen molar-refractivity contribution < 1.29 is 9.18 Å². The maximum absolute atomic E-state index is 13.9. The molecule has 2 saturated heterocycles. The predicted molar refractivity (Wildman–Crippen MR) is 85.8 cm³/mol. The van der Waals surface area contributed by atoms with Crippen LogP contribution in [0.1, 0.15) is 36.0 Å². The number of H-pyrrole nitrogens is 1. The molecule has 0 spiro atoms. The quantitative estimate of drug-likeness (QED) is 0.925. The van der Waals surface area contributed by atoms with E-state index in [1.54, 1.807) is 0 Å². The molecule has 1 aromatic heterocycles. The zero-order chi connectivity index (χ0) is 16.0. The molecule has 2 aromatic rings. The highest BCUT2D eigenvalue weighted by atomic mass is 19.1. The van der Waals surface area contributed by atoms with Crippen LogP contribution in [0.5, 0.6) is 0 Å². The fraction of sp³-hybridized carbons (Fsp3) is 0.529. The molecular formula is C17H21FN4O. The third-order valence-corrected chi connectivity index (χ3v) is 5.30. The summed E-state index contributed by atoms with van der Waals surface area (Å²) in [6.07, 6.45) is 5.86. The molecule has 1 N–H and O–H groups in total. The van der Waals surface area contributed by atoms with E-state index in [0.29, 0.717) is 22.6 Å². The maximum Gasteiger partial charge on any atom is 0.256 e. The smallest absolute Gasteiger partial charge is 0.256 e. The van der Waals surface area contributed by atoms with Gasteiger partial charge in [-0.05, 0) is 51.4 Å². The van der Waals surface area contributed by atoms with Crippen molar-refractivity contribution >= 4 is 16.9 Å². The molecule has 2 atom stereocenters. The number of hydrogen-bond acceptors (Lipinski definition) is 3. The minimum atomic E-state index is -0.404. The molecule has 0 bridgehead atoms. The number of halogens is 1. The molecule has 1 amide bonds. The maximum atomic E-state index is 13.9. The summed E-state index contributed by atoms with van der Waals surface area (Å²) in [6.45, 7) is 1.84. The summed E-state index contributed by atoms with van der Waals surface area (Å²) in [7, 11) is 2.13. The van der Waals surface area contributed by atoms with Gasteiger partial charge in [-0.2, -0.15) is 0 Å². The van der Waals surface area contributed by atoms with Crippen LogP contribution in [0.25, 0.3) is 11.0 Å². The number of nitrogens with one attached hydrogen (secondary N) is 1. The van der Waals surface area contributed by atoms with Gasteiger partial charge in [-0.3, -0.25) is 4.79 Å². The van der Waals surface area contributed by atoms with Gasteiger partial charge in [-0.25, -0.2) is 9.37 Å². The van der Waals surface area contributed by atoms with Gasteiger partial charge in [-0.1, -0.05) is 0 Å². The lowest BCUT2D eigenvalue weighted by Gasteiger charge is -2.33. The number of hydrogen-bond donors (Lipinski definition) is 1. The lowest BCUT2D eigenvalue weighted by Crippen LogP contribution is -2.47. The molecule has 1 aromatic carbocycles. The van der Waals surface area contributed by atoms with Crippen molar-refractivity contribution in [2.75, 3.05) is 20.1 Å². The Balaban J connectivity index is 1.68. The Kier molecular flexibility index (Phi) is 3.56. The van der Waals surface area contributed by atoms with Crippen LogP contribution in [0.4, 0.5) is 4.39 Å². The number of carbonyl (C=O) groups is 1. The first-order valence-corrected chi connectivity index (χ1v) is 8.29. The van der Waals surface area contributed by atoms with Crippen LogP contribution in [-0.2, 0) is 0 Å².